The van der Waals surface area contributed by atoms with Gasteiger partial charge in [-0.1, -0.05) is 0 Å². The molecule has 2 aromatic rings. The molecule has 0 aliphatic heterocycles. The van der Waals surface area contributed by atoms with Crippen LogP contribution in [0.15, 0.2) is 40.7 Å². The van der Waals surface area contributed by atoms with Gasteiger partial charge in [-0.3, -0.25) is 0 Å². The van der Waals surface area contributed by atoms with Gasteiger partial charge in [0.1, 0.15) is 0 Å². The Morgan fingerprint density at radius 3 is 2.71 bits per heavy atom. The van der Waals surface area contributed by atoms with Gasteiger partial charge in [-0.25, -0.2) is 18.1 Å². The van der Waals surface area contributed by atoms with E-state index in [0.29, 0.717) is 24.4 Å². The average molecular weight is 343 g/mol. The SMILES string of the molecule is Nc1ccc(SCCS(=O)(=O)NCCc2nccs2)cc1. The zero-order valence-electron chi connectivity index (χ0n) is 11.4. The van der Waals surface area contributed by atoms with Gasteiger partial charge in [-0.2, -0.15) is 0 Å². The molecule has 0 atom stereocenters. The first-order valence-corrected chi connectivity index (χ1v) is 9.91. The molecule has 1 heterocycles. The predicted molar refractivity (Wildman–Crippen MR) is 89.2 cm³/mol. The Labute approximate surface area is 133 Å². The maximum atomic E-state index is 11.8. The minimum atomic E-state index is -3.23. The van der Waals surface area contributed by atoms with Crippen molar-refractivity contribution >= 4 is 38.8 Å². The van der Waals surface area contributed by atoms with Crippen LogP contribution in [0.1, 0.15) is 5.01 Å². The second-order valence-electron chi connectivity index (χ2n) is 4.31. The number of hydrogen-bond acceptors (Lipinski definition) is 6. The summed E-state index contributed by atoms with van der Waals surface area (Å²) in [6.07, 6.45) is 2.35. The highest BCUT2D eigenvalue weighted by Crippen LogP contribution is 2.19. The summed E-state index contributed by atoms with van der Waals surface area (Å²) in [6.45, 7) is 0.391. The number of anilines is 1. The number of nitrogens with zero attached hydrogens (tertiary/aromatic N) is 1. The molecule has 21 heavy (non-hydrogen) atoms. The van der Waals surface area contributed by atoms with E-state index in [2.05, 4.69) is 9.71 Å². The lowest BCUT2D eigenvalue weighted by Crippen LogP contribution is -2.29. The maximum Gasteiger partial charge on any atom is 0.212 e. The fourth-order valence-corrected chi connectivity index (χ4v) is 4.55. The molecule has 1 aromatic carbocycles. The van der Waals surface area contributed by atoms with Crippen LogP contribution in [0.2, 0.25) is 0 Å². The van der Waals surface area contributed by atoms with Crippen molar-refractivity contribution in [1.82, 2.24) is 9.71 Å². The third-order valence-electron chi connectivity index (χ3n) is 2.65. The van der Waals surface area contributed by atoms with Gasteiger partial charge >= 0.3 is 0 Å². The normalized spacial score (nSPS) is 11.6. The first-order valence-electron chi connectivity index (χ1n) is 6.39. The van der Waals surface area contributed by atoms with Crippen LogP contribution >= 0.6 is 23.1 Å². The maximum absolute atomic E-state index is 11.8. The standard InChI is InChI=1S/C13H17N3O2S3/c14-11-1-3-12(4-2-11)19-9-10-21(17,18)16-6-5-13-15-7-8-20-13/h1-4,7-8,16H,5-6,9-10,14H2. The van der Waals surface area contributed by atoms with Crippen molar-refractivity contribution in [3.05, 3.63) is 40.8 Å². The van der Waals surface area contributed by atoms with E-state index in [9.17, 15) is 8.42 Å². The van der Waals surface area contributed by atoms with E-state index in [1.165, 1.54) is 23.1 Å². The number of thioether (sulfide) groups is 1. The summed E-state index contributed by atoms with van der Waals surface area (Å²) < 4.78 is 26.3. The summed E-state index contributed by atoms with van der Waals surface area (Å²) in [5.74, 6) is 0.608. The lowest BCUT2D eigenvalue weighted by atomic mass is 10.3. The Balaban J connectivity index is 1.69. The third kappa shape index (κ3) is 6.04. The lowest BCUT2D eigenvalue weighted by molar-refractivity contribution is 0.583. The quantitative estimate of drug-likeness (QED) is 0.565. The highest BCUT2D eigenvalue weighted by molar-refractivity contribution is 8.00. The van der Waals surface area contributed by atoms with Crippen molar-refractivity contribution in [3.8, 4) is 0 Å². The summed E-state index contributed by atoms with van der Waals surface area (Å²) in [5, 5.41) is 2.82. The van der Waals surface area contributed by atoms with Crippen LogP contribution < -0.4 is 10.5 Å². The molecule has 2 rings (SSSR count). The molecular formula is C13H17N3O2S3. The van der Waals surface area contributed by atoms with Crippen LogP contribution in [0.5, 0.6) is 0 Å². The fraction of sp³-hybridized carbons (Fsp3) is 0.308. The zero-order valence-corrected chi connectivity index (χ0v) is 13.8. The lowest BCUT2D eigenvalue weighted by Gasteiger charge is -2.06. The van der Waals surface area contributed by atoms with Crippen LogP contribution in [0.3, 0.4) is 0 Å². The number of thiazole rings is 1. The number of rotatable bonds is 8. The molecule has 0 unspecified atom stereocenters. The average Bonchev–Trinajstić information content (AvgIpc) is 2.94. The third-order valence-corrected chi connectivity index (χ3v) is 6.14. The summed E-state index contributed by atoms with van der Waals surface area (Å²) in [7, 11) is -3.23. The molecule has 0 fully saturated rings. The second-order valence-corrected chi connectivity index (χ2v) is 8.38. The van der Waals surface area contributed by atoms with E-state index in [1.807, 2.05) is 29.6 Å². The van der Waals surface area contributed by atoms with Gasteiger partial charge in [0.25, 0.3) is 0 Å². The van der Waals surface area contributed by atoms with Crippen LogP contribution in [0.25, 0.3) is 0 Å². The molecule has 5 nitrogen and oxygen atoms in total. The number of nitrogens with one attached hydrogen (secondary N) is 1. The van der Waals surface area contributed by atoms with Crippen molar-refractivity contribution < 1.29 is 8.42 Å². The highest BCUT2D eigenvalue weighted by atomic mass is 32.2. The van der Waals surface area contributed by atoms with E-state index in [4.69, 9.17) is 5.73 Å². The van der Waals surface area contributed by atoms with E-state index in [-0.39, 0.29) is 5.75 Å². The van der Waals surface area contributed by atoms with Gasteiger partial charge in [0.15, 0.2) is 0 Å². The number of nitrogen functional groups attached to an aromatic ring is 1. The summed E-state index contributed by atoms with van der Waals surface area (Å²) >= 11 is 3.03. The topological polar surface area (TPSA) is 85.1 Å². The molecule has 8 heteroatoms. The van der Waals surface area contributed by atoms with Crippen LogP contribution in [-0.4, -0.2) is 31.5 Å². The number of nitrogens with two attached hydrogens (primary N) is 1. The Bertz CT molecular complexity index is 640. The molecule has 0 aliphatic rings. The summed E-state index contributed by atoms with van der Waals surface area (Å²) in [5.41, 5.74) is 6.30. The van der Waals surface area contributed by atoms with Crippen molar-refractivity contribution in [1.29, 1.82) is 0 Å². The summed E-state index contributed by atoms with van der Waals surface area (Å²) in [4.78, 5) is 5.13. The van der Waals surface area contributed by atoms with E-state index < -0.39 is 10.0 Å². The molecule has 0 saturated heterocycles. The van der Waals surface area contributed by atoms with E-state index in [0.717, 1.165) is 9.90 Å². The monoisotopic (exact) mass is 343 g/mol. The number of benzene rings is 1. The Hall–Kier alpha value is -1.09. The molecular weight excluding hydrogens is 326 g/mol. The zero-order chi connectivity index (χ0) is 15.1. The molecule has 0 amide bonds. The Morgan fingerprint density at radius 2 is 2.05 bits per heavy atom. The molecule has 1 aromatic heterocycles. The molecule has 114 valence electrons. The van der Waals surface area contributed by atoms with E-state index >= 15 is 0 Å². The number of aromatic nitrogens is 1. The molecule has 0 saturated carbocycles. The van der Waals surface area contributed by atoms with Gasteiger partial charge in [-0.15, -0.1) is 23.1 Å². The first-order chi connectivity index (χ1) is 10.1. The summed E-state index contributed by atoms with van der Waals surface area (Å²) in [6, 6.07) is 7.40. The molecule has 0 radical (unpaired) electrons. The first kappa shape index (κ1) is 16.3. The van der Waals surface area contributed by atoms with Crippen molar-refractivity contribution in [3.63, 3.8) is 0 Å². The number of hydrogen-bond donors (Lipinski definition) is 2. The highest BCUT2D eigenvalue weighted by Gasteiger charge is 2.10. The smallest absolute Gasteiger partial charge is 0.212 e. The van der Waals surface area contributed by atoms with Gasteiger partial charge in [0.05, 0.1) is 10.8 Å². The molecule has 3 N–H and O–H groups in total. The van der Waals surface area contributed by atoms with Gasteiger partial charge in [0.2, 0.25) is 10.0 Å². The number of sulfonamides is 1. The van der Waals surface area contributed by atoms with Crippen LogP contribution in [0.4, 0.5) is 5.69 Å². The van der Waals surface area contributed by atoms with E-state index in [1.54, 1.807) is 6.20 Å². The van der Waals surface area contributed by atoms with Gasteiger partial charge in [-0.05, 0) is 24.3 Å². The Kier molecular flexibility index (Phi) is 6.04. The van der Waals surface area contributed by atoms with Crippen LogP contribution in [0, 0.1) is 0 Å². The molecule has 0 aliphatic carbocycles. The van der Waals surface area contributed by atoms with Crippen molar-refractivity contribution in [2.75, 3.05) is 23.8 Å². The molecule has 0 bridgehead atoms. The van der Waals surface area contributed by atoms with Gasteiger partial charge < -0.3 is 5.73 Å². The van der Waals surface area contributed by atoms with Crippen molar-refractivity contribution in [2.45, 2.75) is 11.3 Å². The van der Waals surface area contributed by atoms with Crippen molar-refractivity contribution in [2.24, 2.45) is 0 Å². The minimum Gasteiger partial charge on any atom is -0.399 e. The Morgan fingerprint density at radius 1 is 1.29 bits per heavy atom. The van der Waals surface area contributed by atoms with Crippen LogP contribution in [-0.2, 0) is 16.4 Å². The van der Waals surface area contributed by atoms with Gasteiger partial charge in [0, 0.05) is 40.9 Å². The fourth-order valence-electron chi connectivity index (χ4n) is 1.60. The molecule has 0 spiro atoms. The predicted octanol–water partition coefficient (Wildman–Crippen LogP) is 1.98. The largest absolute Gasteiger partial charge is 0.399 e. The minimum absolute atomic E-state index is 0.0971. The second kappa shape index (κ2) is 7.79.